The number of azo groups is 1. The van der Waals surface area contributed by atoms with Gasteiger partial charge in [0.05, 0.1) is 82.1 Å². The number of ether oxygens (including phenoxy) is 5. The van der Waals surface area contributed by atoms with Gasteiger partial charge in [-0.2, -0.15) is 5.26 Å². The van der Waals surface area contributed by atoms with Crippen molar-refractivity contribution in [2.75, 3.05) is 70.8 Å². The fraction of sp³-hybridized carbons (Fsp3) is 0.583. The molecule has 2 atom stereocenters. The summed E-state index contributed by atoms with van der Waals surface area (Å²) >= 11 is 1.12. The van der Waals surface area contributed by atoms with Gasteiger partial charge in [0.2, 0.25) is 5.00 Å². The molecule has 0 aliphatic rings. The Morgan fingerprint density at radius 1 is 0.769 bits per heavy atom. The molecule has 1 heterocycles. The Balaban J connectivity index is 1.90. The molecule has 1 aromatic carbocycles. The van der Waals surface area contributed by atoms with Crippen LogP contribution in [0.4, 0.5) is 21.4 Å². The summed E-state index contributed by atoms with van der Waals surface area (Å²) in [5, 5.41) is 38.1. The van der Waals surface area contributed by atoms with Gasteiger partial charge >= 0.3 is 23.9 Å². The average Bonchev–Trinajstić information content (AvgIpc) is 3.60. The van der Waals surface area contributed by atoms with Crippen LogP contribution in [0.25, 0.3) is 4.85 Å². The standard InChI is InChI=1S/C48H67N5O11S/c1-6-8-10-12-14-16-18-38(47(56)57)33-43(54)63-30-28-61-25-23-53(40-20-21-42(36(3)32-40)51-52-46-41(35-49)37(4)45(50-5)65-46)22-24-60-26-27-62-29-31-64-44(55)34-39(48(58)59)19-17-15-13-11-9-7-2/h14-17,20-21,32,38-39H,6-13,18-19,22-31,33-34H2,1-4H3,(H,56,57)(H,58,59)/b16-14+,17-15+,52-51?. The number of allylic oxidation sites excluding steroid dienone is 4. The van der Waals surface area contributed by atoms with Crippen LogP contribution in [0.5, 0.6) is 0 Å². The van der Waals surface area contributed by atoms with Crippen LogP contribution in [-0.2, 0) is 42.9 Å². The molecule has 0 radical (unpaired) electrons. The first-order valence-electron chi connectivity index (χ1n) is 22.4. The molecule has 0 spiro atoms. The number of nitrogens with zero attached hydrogens (tertiary/aromatic N) is 5. The van der Waals surface area contributed by atoms with Crippen LogP contribution in [0.3, 0.4) is 0 Å². The van der Waals surface area contributed by atoms with Gasteiger partial charge in [0, 0.05) is 18.8 Å². The molecule has 16 nitrogen and oxygen atoms in total. The Labute approximate surface area is 388 Å². The van der Waals surface area contributed by atoms with E-state index >= 15 is 0 Å². The summed E-state index contributed by atoms with van der Waals surface area (Å²) in [6.45, 7) is 17.5. The van der Waals surface area contributed by atoms with E-state index in [4.69, 9.17) is 30.3 Å². The number of rotatable bonds is 36. The number of hydrogen-bond acceptors (Lipinski definition) is 14. The molecule has 0 fully saturated rings. The minimum atomic E-state index is -1.04. The molecule has 0 saturated carbocycles. The van der Waals surface area contributed by atoms with E-state index < -0.39 is 35.7 Å². The summed E-state index contributed by atoms with van der Waals surface area (Å²) in [4.78, 5) is 53.5. The van der Waals surface area contributed by atoms with Crippen molar-refractivity contribution in [3.05, 3.63) is 70.6 Å². The summed E-state index contributed by atoms with van der Waals surface area (Å²) in [7, 11) is 0. The van der Waals surface area contributed by atoms with Crippen LogP contribution in [0, 0.1) is 43.6 Å². The number of anilines is 1. The van der Waals surface area contributed by atoms with Crippen molar-refractivity contribution in [3.63, 3.8) is 0 Å². The summed E-state index contributed by atoms with van der Waals surface area (Å²) in [6.07, 6.45) is 16.0. The van der Waals surface area contributed by atoms with Crippen molar-refractivity contribution in [1.29, 1.82) is 5.26 Å². The van der Waals surface area contributed by atoms with Gasteiger partial charge in [0.15, 0.2) is 0 Å². The lowest BCUT2D eigenvalue weighted by molar-refractivity contribution is -0.152. The van der Waals surface area contributed by atoms with E-state index in [-0.39, 0.29) is 71.9 Å². The molecule has 0 aliphatic carbocycles. The predicted molar refractivity (Wildman–Crippen MR) is 249 cm³/mol. The summed E-state index contributed by atoms with van der Waals surface area (Å²) in [5.41, 5.74) is 3.17. The van der Waals surface area contributed by atoms with Crippen molar-refractivity contribution in [2.24, 2.45) is 22.1 Å². The minimum absolute atomic E-state index is 0.00585. The molecule has 0 aliphatic heterocycles. The molecule has 0 saturated heterocycles. The first-order valence-corrected chi connectivity index (χ1v) is 23.2. The fourth-order valence-corrected chi connectivity index (χ4v) is 7.13. The van der Waals surface area contributed by atoms with Crippen LogP contribution in [0.2, 0.25) is 0 Å². The largest absolute Gasteiger partial charge is 0.481 e. The van der Waals surface area contributed by atoms with E-state index in [0.717, 1.165) is 74.0 Å². The second kappa shape index (κ2) is 34.0. The third-order valence-electron chi connectivity index (χ3n) is 10.1. The topological polar surface area (TPSA) is 211 Å². The van der Waals surface area contributed by atoms with Gasteiger partial charge in [0.1, 0.15) is 24.3 Å². The summed E-state index contributed by atoms with van der Waals surface area (Å²) in [6, 6.07) is 7.75. The number of hydrogen-bond donors (Lipinski definition) is 2. The van der Waals surface area contributed by atoms with E-state index in [9.17, 15) is 34.7 Å². The minimum Gasteiger partial charge on any atom is -0.481 e. The number of aryl methyl sites for hydroxylation is 1. The van der Waals surface area contributed by atoms with Crippen molar-refractivity contribution in [1.82, 2.24) is 0 Å². The molecule has 17 heteroatoms. The number of nitriles is 1. The van der Waals surface area contributed by atoms with E-state index in [1.165, 1.54) is 0 Å². The van der Waals surface area contributed by atoms with Gasteiger partial charge in [0.25, 0.3) is 0 Å². The fourth-order valence-electron chi connectivity index (χ4n) is 6.26. The van der Waals surface area contributed by atoms with Gasteiger partial charge in [-0.05, 0) is 81.7 Å². The van der Waals surface area contributed by atoms with Crippen LogP contribution >= 0.6 is 11.3 Å². The van der Waals surface area contributed by atoms with Crippen molar-refractivity contribution < 1.29 is 53.1 Å². The van der Waals surface area contributed by atoms with E-state index in [0.29, 0.717) is 46.5 Å². The molecule has 356 valence electrons. The molecule has 65 heavy (non-hydrogen) atoms. The van der Waals surface area contributed by atoms with E-state index in [1.54, 1.807) is 6.92 Å². The lowest BCUT2D eigenvalue weighted by Crippen LogP contribution is -2.31. The van der Waals surface area contributed by atoms with Gasteiger partial charge in [-0.3, -0.25) is 19.2 Å². The van der Waals surface area contributed by atoms with Crippen molar-refractivity contribution in [3.8, 4) is 6.07 Å². The highest BCUT2D eigenvalue weighted by Crippen LogP contribution is 2.41. The van der Waals surface area contributed by atoms with Crippen molar-refractivity contribution in [2.45, 2.75) is 105 Å². The molecular weight excluding hydrogens is 855 g/mol. The number of carboxylic acid groups (broad SMARTS) is 2. The third kappa shape index (κ3) is 23.3. The number of aliphatic carboxylic acids is 2. The zero-order valence-electron chi connectivity index (χ0n) is 38.5. The Morgan fingerprint density at radius 3 is 1.74 bits per heavy atom. The Hall–Kier alpha value is -5.46. The second-order valence-electron chi connectivity index (χ2n) is 15.3. The van der Waals surface area contributed by atoms with Gasteiger partial charge in [-0.15, -0.1) is 21.6 Å². The third-order valence-corrected chi connectivity index (χ3v) is 11.2. The first-order chi connectivity index (χ1) is 31.4. The zero-order valence-corrected chi connectivity index (χ0v) is 39.3. The number of unbranched alkanes of at least 4 members (excludes halogenated alkanes) is 6. The predicted octanol–water partition coefficient (Wildman–Crippen LogP) is 10.4. The van der Waals surface area contributed by atoms with Crippen LogP contribution in [0.15, 0.2) is 52.7 Å². The lowest BCUT2D eigenvalue weighted by atomic mass is 10.0. The summed E-state index contributed by atoms with van der Waals surface area (Å²) < 4.78 is 27.7. The maximum absolute atomic E-state index is 12.4. The normalized spacial score (nSPS) is 12.3. The average molecular weight is 922 g/mol. The highest BCUT2D eigenvalue weighted by atomic mass is 32.1. The maximum Gasteiger partial charge on any atom is 0.307 e. The molecular formula is C48H67N5O11S. The highest BCUT2D eigenvalue weighted by molar-refractivity contribution is 7.20. The smallest absolute Gasteiger partial charge is 0.307 e. The highest BCUT2D eigenvalue weighted by Gasteiger charge is 2.22. The second-order valence-corrected chi connectivity index (χ2v) is 16.2. The SMILES string of the molecule is [C-]#[N+]c1sc(N=Nc2ccc(N(CCOCCOCCOC(=O)CC(C/C=C/CCCCC)C(=O)O)CCOCCOC(=O)CC(C/C=C/CCCCC)C(=O)O)cc2C)c(C#N)c1C. The van der Waals surface area contributed by atoms with Crippen LogP contribution < -0.4 is 4.90 Å². The number of carboxylic acids is 2. The van der Waals surface area contributed by atoms with Crippen LogP contribution in [0.1, 0.15) is 108 Å². The monoisotopic (exact) mass is 921 g/mol. The van der Waals surface area contributed by atoms with E-state index in [2.05, 4.69) is 39.9 Å². The molecule has 2 aromatic rings. The molecule has 2 rings (SSSR count). The van der Waals surface area contributed by atoms with Crippen molar-refractivity contribution >= 4 is 56.6 Å². The summed E-state index contributed by atoms with van der Waals surface area (Å²) in [5.74, 6) is -4.96. The number of esters is 2. The first kappa shape index (κ1) is 55.7. The lowest BCUT2D eigenvalue weighted by Gasteiger charge is -2.25. The van der Waals surface area contributed by atoms with Crippen LogP contribution in [-0.4, -0.2) is 100 Å². The molecule has 2 N–H and O–H groups in total. The molecule has 1 aromatic heterocycles. The van der Waals surface area contributed by atoms with E-state index in [1.807, 2.05) is 49.4 Å². The van der Waals surface area contributed by atoms with Gasteiger partial charge < -0.3 is 38.8 Å². The Morgan fingerprint density at radius 2 is 1.28 bits per heavy atom. The molecule has 0 bridgehead atoms. The molecule has 0 amide bonds. The maximum atomic E-state index is 12.4. The zero-order chi connectivity index (χ0) is 47.7. The number of carbonyl (C=O) groups excluding carboxylic acids is 2. The Kier molecular flexibility index (Phi) is 29.1. The number of thiophene rings is 1. The quantitative estimate of drug-likeness (QED) is 0.0214. The number of carbonyl (C=O) groups is 4. The molecule has 2 unspecified atom stereocenters. The number of benzene rings is 1. The van der Waals surface area contributed by atoms with Gasteiger partial charge in [-0.25, -0.2) is 4.85 Å². The Bertz CT molecular complexity index is 1930. The van der Waals surface area contributed by atoms with Gasteiger partial charge in [-0.1, -0.05) is 63.8 Å².